The largest absolute Gasteiger partial charge is 0.454 e. The van der Waals surface area contributed by atoms with Crippen molar-refractivity contribution in [2.45, 2.75) is 29.7 Å². The van der Waals surface area contributed by atoms with E-state index in [2.05, 4.69) is 10.6 Å². The molecule has 0 aromatic heterocycles. The summed E-state index contributed by atoms with van der Waals surface area (Å²) < 4.78 is 36.0. The van der Waals surface area contributed by atoms with Gasteiger partial charge in [0.1, 0.15) is 0 Å². The maximum atomic E-state index is 12.7. The number of rotatable bonds is 6. The van der Waals surface area contributed by atoms with E-state index in [1.165, 1.54) is 23.9 Å². The fourth-order valence-corrected chi connectivity index (χ4v) is 5.43. The Balaban J connectivity index is 1.35. The predicted molar refractivity (Wildman–Crippen MR) is 116 cm³/mol. The molecule has 4 rings (SSSR count). The highest BCUT2D eigenvalue weighted by Gasteiger charge is 2.23. The van der Waals surface area contributed by atoms with E-state index in [1.807, 2.05) is 13.0 Å². The van der Waals surface area contributed by atoms with Gasteiger partial charge in [0.2, 0.25) is 18.6 Å². The van der Waals surface area contributed by atoms with Crippen LogP contribution in [0.3, 0.4) is 0 Å². The topological polar surface area (TPSA) is 111 Å². The van der Waals surface area contributed by atoms with Gasteiger partial charge in [-0.05, 0) is 35.9 Å². The van der Waals surface area contributed by atoms with E-state index in [0.717, 1.165) is 10.5 Å². The molecule has 0 bridgehead atoms. The van der Waals surface area contributed by atoms with Gasteiger partial charge in [-0.1, -0.05) is 13.0 Å². The Morgan fingerprint density at radius 1 is 1.19 bits per heavy atom. The molecule has 2 N–H and O–H groups in total. The molecule has 2 aromatic carbocycles. The van der Waals surface area contributed by atoms with Crippen molar-refractivity contribution in [1.29, 1.82) is 0 Å². The van der Waals surface area contributed by atoms with Crippen molar-refractivity contribution in [1.82, 2.24) is 5.32 Å². The third-order valence-corrected chi connectivity index (χ3v) is 8.08. The molecule has 0 saturated carbocycles. The molecular weight excluding hydrogens is 440 g/mol. The number of sulfone groups is 1. The number of benzene rings is 2. The zero-order valence-corrected chi connectivity index (χ0v) is 18.5. The summed E-state index contributed by atoms with van der Waals surface area (Å²) in [5.41, 5.74) is 1.32. The molecule has 2 aromatic rings. The van der Waals surface area contributed by atoms with Crippen molar-refractivity contribution in [2.24, 2.45) is 5.92 Å². The number of fused-ring (bicyclic) bond motifs is 2. The summed E-state index contributed by atoms with van der Waals surface area (Å²) >= 11 is 1.51. The van der Waals surface area contributed by atoms with Crippen LogP contribution in [0.1, 0.15) is 18.9 Å². The first-order chi connectivity index (χ1) is 14.8. The quantitative estimate of drug-likeness (QED) is 0.679. The van der Waals surface area contributed by atoms with Gasteiger partial charge in [0, 0.05) is 29.5 Å². The summed E-state index contributed by atoms with van der Waals surface area (Å²) in [6.07, 6.45) is -0.165. The molecule has 2 heterocycles. The molecule has 2 amide bonds. The van der Waals surface area contributed by atoms with Crippen LogP contribution >= 0.6 is 11.8 Å². The Morgan fingerprint density at radius 2 is 2.00 bits per heavy atom. The van der Waals surface area contributed by atoms with Gasteiger partial charge in [0.25, 0.3) is 0 Å². The van der Waals surface area contributed by atoms with Gasteiger partial charge < -0.3 is 20.1 Å². The SMILES string of the molecule is C[C@@H]1CSc2ccc(S(=O)(=O)CCC(=O)NCc3ccc4c(c3)OCO4)cc2NC1=O. The lowest BCUT2D eigenvalue weighted by molar-refractivity contribution is -0.121. The number of hydrogen-bond donors (Lipinski definition) is 2. The smallest absolute Gasteiger partial charge is 0.231 e. The number of ether oxygens (including phenoxy) is 2. The van der Waals surface area contributed by atoms with E-state index >= 15 is 0 Å². The highest BCUT2D eigenvalue weighted by molar-refractivity contribution is 7.99. The van der Waals surface area contributed by atoms with Gasteiger partial charge in [0.05, 0.1) is 16.3 Å². The first-order valence-corrected chi connectivity index (χ1v) is 12.4. The van der Waals surface area contributed by atoms with Gasteiger partial charge in [0.15, 0.2) is 21.3 Å². The summed E-state index contributed by atoms with van der Waals surface area (Å²) in [4.78, 5) is 25.2. The molecule has 164 valence electrons. The van der Waals surface area contributed by atoms with Gasteiger partial charge >= 0.3 is 0 Å². The summed E-state index contributed by atoms with van der Waals surface area (Å²) in [6, 6.07) is 10.1. The molecule has 0 fully saturated rings. The lowest BCUT2D eigenvalue weighted by atomic mass is 10.2. The molecule has 31 heavy (non-hydrogen) atoms. The third kappa shape index (κ3) is 4.96. The molecule has 0 saturated heterocycles. The third-order valence-electron chi connectivity index (χ3n) is 5.03. The van der Waals surface area contributed by atoms with Gasteiger partial charge in [-0.2, -0.15) is 0 Å². The molecule has 2 aliphatic rings. The number of hydrogen-bond acceptors (Lipinski definition) is 7. The number of amides is 2. The van der Waals surface area contributed by atoms with Gasteiger partial charge in [-0.25, -0.2) is 8.42 Å². The molecule has 8 nitrogen and oxygen atoms in total. The standard InChI is InChI=1S/C21H22N2O6S2/c1-13-11-30-19-5-3-15(9-16(19)23-21(13)25)31(26,27)7-6-20(24)22-10-14-2-4-17-18(8-14)29-12-28-17/h2-5,8-9,13H,6-7,10-12H2,1H3,(H,22,24)(H,23,25)/t13-/m1/s1. The predicted octanol–water partition coefficient (Wildman–Crippen LogP) is 2.58. The first-order valence-electron chi connectivity index (χ1n) is 9.77. The average Bonchev–Trinajstić information content (AvgIpc) is 3.17. The highest BCUT2D eigenvalue weighted by atomic mass is 32.2. The molecule has 1 atom stereocenters. The van der Waals surface area contributed by atoms with Crippen molar-refractivity contribution in [3.63, 3.8) is 0 Å². The van der Waals surface area contributed by atoms with Crippen LogP contribution < -0.4 is 20.1 Å². The van der Waals surface area contributed by atoms with Crippen LogP contribution in [-0.2, 0) is 26.0 Å². The van der Waals surface area contributed by atoms with Crippen LogP contribution in [0.5, 0.6) is 11.5 Å². The number of carbonyl (C=O) groups excluding carboxylic acids is 2. The van der Waals surface area contributed by atoms with Gasteiger partial charge in [-0.3, -0.25) is 9.59 Å². The number of anilines is 1. The maximum Gasteiger partial charge on any atom is 0.231 e. The summed E-state index contributed by atoms with van der Waals surface area (Å²) in [6.45, 7) is 2.26. The molecule has 0 unspecified atom stereocenters. The van der Waals surface area contributed by atoms with Crippen LogP contribution in [-0.4, -0.2) is 38.5 Å². The Kier molecular flexibility index (Phi) is 6.10. The molecule has 0 spiro atoms. The monoisotopic (exact) mass is 462 g/mol. The summed E-state index contributed by atoms with van der Waals surface area (Å²) in [5.74, 6) is 0.927. The van der Waals surface area contributed by atoms with Crippen LogP contribution in [0, 0.1) is 5.92 Å². The van der Waals surface area contributed by atoms with Crippen LogP contribution in [0.4, 0.5) is 5.69 Å². The van der Waals surface area contributed by atoms with Crippen LogP contribution in [0.25, 0.3) is 0 Å². The highest BCUT2D eigenvalue weighted by Crippen LogP contribution is 2.34. The van der Waals surface area contributed by atoms with Crippen molar-refractivity contribution < 1.29 is 27.5 Å². The van der Waals surface area contributed by atoms with Crippen molar-refractivity contribution in [3.05, 3.63) is 42.0 Å². The lowest BCUT2D eigenvalue weighted by Crippen LogP contribution is -2.25. The zero-order valence-electron chi connectivity index (χ0n) is 16.8. The number of nitrogens with one attached hydrogen (secondary N) is 2. The Bertz CT molecular complexity index is 1130. The molecular formula is C21H22N2O6S2. The Hall–Kier alpha value is -2.72. The normalized spacial score (nSPS) is 17.5. The van der Waals surface area contributed by atoms with Crippen LogP contribution in [0.2, 0.25) is 0 Å². The van der Waals surface area contributed by atoms with Crippen LogP contribution in [0.15, 0.2) is 46.2 Å². The second kappa shape index (κ2) is 8.80. The second-order valence-electron chi connectivity index (χ2n) is 7.39. The Morgan fingerprint density at radius 3 is 2.84 bits per heavy atom. The van der Waals surface area contributed by atoms with E-state index in [9.17, 15) is 18.0 Å². The minimum atomic E-state index is -3.68. The van der Waals surface area contributed by atoms with E-state index < -0.39 is 9.84 Å². The molecule has 0 radical (unpaired) electrons. The lowest BCUT2D eigenvalue weighted by Gasteiger charge is -2.10. The number of carbonyl (C=O) groups is 2. The Labute approximate surface area is 184 Å². The number of thioether (sulfide) groups is 1. The van der Waals surface area contributed by atoms with E-state index in [0.29, 0.717) is 22.9 Å². The maximum absolute atomic E-state index is 12.7. The van der Waals surface area contributed by atoms with Crippen molar-refractivity contribution in [3.8, 4) is 11.5 Å². The van der Waals surface area contributed by atoms with E-state index in [-0.39, 0.29) is 48.1 Å². The fourth-order valence-electron chi connectivity index (χ4n) is 3.16. The van der Waals surface area contributed by atoms with Crippen molar-refractivity contribution in [2.75, 3.05) is 23.6 Å². The fraction of sp³-hybridized carbons (Fsp3) is 0.333. The molecule has 2 aliphatic heterocycles. The van der Waals surface area contributed by atoms with E-state index in [1.54, 1.807) is 18.2 Å². The van der Waals surface area contributed by atoms with E-state index in [4.69, 9.17) is 9.47 Å². The average molecular weight is 463 g/mol. The first kappa shape index (κ1) is 21.5. The minimum Gasteiger partial charge on any atom is -0.454 e. The minimum absolute atomic E-state index is 0.0882. The molecule has 10 heteroatoms. The summed E-state index contributed by atoms with van der Waals surface area (Å²) in [5, 5.41) is 5.51. The van der Waals surface area contributed by atoms with Gasteiger partial charge in [-0.15, -0.1) is 11.8 Å². The second-order valence-corrected chi connectivity index (χ2v) is 10.6. The van der Waals surface area contributed by atoms with Crippen molar-refractivity contribution >= 4 is 39.1 Å². The zero-order chi connectivity index (χ0) is 22.0. The molecule has 0 aliphatic carbocycles. The summed E-state index contributed by atoms with van der Waals surface area (Å²) in [7, 11) is -3.68.